The Morgan fingerprint density at radius 1 is 1.19 bits per heavy atom. The number of rotatable bonds is 3. The van der Waals surface area contributed by atoms with Gasteiger partial charge in [-0.05, 0) is 24.1 Å². The molecule has 1 aromatic carbocycles. The number of hydrogen-bond acceptors (Lipinski definition) is 4. The average Bonchev–Trinajstić information content (AvgIpc) is 2.98. The lowest BCUT2D eigenvalue weighted by molar-refractivity contribution is 0.577. The molecule has 0 amide bonds. The monoisotopic (exact) mass is 343 g/mol. The summed E-state index contributed by atoms with van der Waals surface area (Å²) < 4.78 is 2.19. The highest BCUT2D eigenvalue weighted by molar-refractivity contribution is 5.84. The minimum Gasteiger partial charge on any atom is -0.384 e. The average molecular weight is 343 g/mol. The zero-order chi connectivity index (χ0) is 18.3. The SMILES string of the molecule is C=C1C(C)=CC(c2nc3cnc(N)cc3n2Cc2ccccc2)=CN1C. The van der Waals surface area contributed by atoms with E-state index in [9.17, 15) is 0 Å². The molecule has 5 nitrogen and oxygen atoms in total. The molecule has 0 aliphatic carbocycles. The van der Waals surface area contributed by atoms with Crippen LogP contribution in [0.25, 0.3) is 16.6 Å². The zero-order valence-corrected chi connectivity index (χ0v) is 15.0. The van der Waals surface area contributed by atoms with E-state index in [1.54, 1.807) is 6.20 Å². The van der Waals surface area contributed by atoms with E-state index < -0.39 is 0 Å². The fraction of sp³-hybridized carbons (Fsp3) is 0.143. The van der Waals surface area contributed by atoms with Gasteiger partial charge in [-0.15, -0.1) is 0 Å². The standard InChI is InChI=1S/C21H21N5/c1-14-9-17(13-25(3)15(14)2)21-24-18-11-23-20(22)10-19(18)26(21)12-16-7-5-4-6-8-16/h4-11,13H,2,12H2,1,3H3,(H2,22,23). The maximum atomic E-state index is 5.94. The highest BCUT2D eigenvalue weighted by Crippen LogP contribution is 2.30. The summed E-state index contributed by atoms with van der Waals surface area (Å²) in [6.45, 7) is 6.89. The summed E-state index contributed by atoms with van der Waals surface area (Å²) in [5, 5.41) is 0. The summed E-state index contributed by atoms with van der Waals surface area (Å²) in [5.74, 6) is 1.39. The highest BCUT2D eigenvalue weighted by Gasteiger charge is 2.19. The van der Waals surface area contributed by atoms with Gasteiger partial charge in [0.2, 0.25) is 0 Å². The molecule has 0 radical (unpaired) electrons. The third-order valence-electron chi connectivity index (χ3n) is 4.68. The molecule has 4 rings (SSSR count). The molecule has 1 aliphatic rings. The van der Waals surface area contributed by atoms with Crippen LogP contribution >= 0.6 is 0 Å². The molecule has 1 aliphatic heterocycles. The molecular weight excluding hydrogens is 322 g/mol. The molecule has 3 aromatic rings. The number of benzene rings is 1. The molecule has 0 unspecified atom stereocenters. The summed E-state index contributed by atoms with van der Waals surface area (Å²) in [6, 6.07) is 12.2. The number of allylic oxidation sites excluding steroid dienone is 3. The molecule has 3 heterocycles. The van der Waals surface area contributed by atoms with Crippen molar-refractivity contribution in [2.75, 3.05) is 12.8 Å². The molecule has 26 heavy (non-hydrogen) atoms. The van der Waals surface area contributed by atoms with Crippen molar-refractivity contribution >= 4 is 22.4 Å². The summed E-state index contributed by atoms with van der Waals surface area (Å²) in [5.41, 5.74) is 12.1. The van der Waals surface area contributed by atoms with Crippen LogP contribution in [0.1, 0.15) is 18.3 Å². The topological polar surface area (TPSA) is 60.0 Å². The minimum absolute atomic E-state index is 0.494. The summed E-state index contributed by atoms with van der Waals surface area (Å²) in [4.78, 5) is 11.1. The van der Waals surface area contributed by atoms with Gasteiger partial charge in [0.05, 0.1) is 11.7 Å². The quantitative estimate of drug-likeness (QED) is 0.786. The molecule has 0 bridgehead atoms. The fourth-order valence-electron chi connectivity index (χ4n) is 3.23. The maximum absolute atomic E-state index is 5.94. The molecule has 2 N–H and O–H groups in total. The molecule has 0 atom stereocenters. The van der Waals surface area contributed by atoms with Crippen LogP contribution in [0.5, 0.6) is 0 Å². The third-order valence-corrected chi connectivity index (χ3v) is 4.68. The number of nitrogens with zero attached hydrogens (tertiary/aromatic N) is 4. The number of anilines is 1. The van der Waals surface area contributed by atoms with Crippen LogP contribution in [0, 0.1) is 0 Å². The first-order valence-corrected chi connectivity index (χ1v) is 8.51. The lowest BCUT2D eigenvalue weighted by Gasteiger charge is -2.24. The first kappa shape index (κ1) is 16.1. The maximum Gasteiger partial charge on any atom is 0.143 e. The fourth-order valence-corrected chi connectivity index (χ4v) is 3.23. The molecule has 0 fully saturated rings. The van der Waals surface area contributed by atoms with E-state index in [2.05, 4.69) is 47.5 Å². The van der Waals surface area contributed by atoms with Crippen molar-refractivity contribution in [1.29, 1.82) is 0 Å². The summed E-state index contributed by atoms with van der Waals surface area (Å²) in [6.07, 6.45) is 5.93. The number of aromatic nitrogens is 3. The Balaban J connectivity index is 1.90. The lowest BCUT2D eigenvalue weighted by atomic mass is 10.1. The van der Waals surface area contributed by atoms with Gasteiger partial charge in [0, 0.05) is 37.1 Å². The summed E-state index contributed by atoms with van der Waals surface area (Å²) in [7, 11) is 2.00. The van der Waals surface area contributed by atoms with Gasteiger partial charge in [0.1, 0.15) is 17.2 Å². The number of pyridine rings is 1. The van der Waals surface area contributed by atoms with Crippen LogP contribution in [-0.2, 0) is 6.54 Å². The Hall–Kier alpha value is -3.34. The van der Waals surface area contributed by atoms with Gasteiger partial charge < -0.3 is 15.2 Å². The van der Waals surface area contributed by atoms with E-state index in [0.717, 1.165) is 33.7 Å². The van der Waals surface area contributed by atoms with Gasteiger partial charge in [-0.3, -0.25) is 0 Å². The molecule has 5 heteroatoms. The zero-order valence-electron chi connectivity index (χ0n) is 15.0. The van der Waals surface area contributed by atoms with E-state index in [1.165, 1.54) is 5.56 Å². The van der Waals surface area contributed by atoms with Crippen molar-refractivity contribution in [2.24, 2.45) is 0 Å². The van der Waals surface area contributed by atoms with Crippen LogP contribution in [0.4, 0.5) is 5.82 Å². The van der Waals surface area contributed by atoms with E-state index in [1.807, 2.05) is 36.2 Å². The second-order valence-corrected chi connectivity index (χ2v) is 6.57. The van der Waals surface area contributed by atoms with Gasteiger partial charge in [-0.2, -0.15) is 0 Å². The van der Waals surface area contributed by atoms with Gasteiger partial charge in [0.15, 0.2) is 0 Å². The predicted molar refractivity (Wildman–Crippen MR) is 106 cm³/mol. The van der Waals surface area contributed by atoms with Crippen molar-refractivity contribution in [3.05, 3.63) is 84.1 Å². The van der Waals surface area contributed by atoms with Crippen LogP contribution in [-0.4, -0.2) is 26.5 Å². The second kappa shape index (κ2) is 6.19. The molecule has 0 spiro atoms. The first-order valence-electron chi connectivity index (χ1n) is 8.51. The van der Waals surface area contributed by atoms with Gasteiger partial charge >= 0.3 is 0 Å². The third kappa shape index (κ3) is 2.77. The normalized spacial score (nSPS) is 14.5. The number of nitrogens with two attached hydrogens (primary N) is 1. The van der Waals surface area contributed by atoms with Crippen LogP contribution in [0.3, 0.4) is 0 Å². The van der Waals surface area contributed by atoms with E-state index in [0.29, 0.717) is 12.4 Å². The number of likely N-dealkylation sites (N-methyl/N-ethyl adjacent to an activating group) is 1. The van der Waals surface area contributed by atoms with Gasteiger partial charge in [-0.1, -0.05) is 36.9 Å². The lowest BCUT2D eigenvalue weighted by Crippen LogP contribution is -2.16. The highest BCUT2D eigenvalue weighted by atomic mass is 15.1. The van der Waals surface area contributed by atoms with Crippen LogP contribution < -0.4 is 5.73 Å². The Bertz CT molecular complexity index is 1060. The smallest absolute Gasteiger partial charge is 0.143 e. The van der Waals surface area contributed by atoms with E-state index in [4.69, 9.17) is 10.7 Å². The number of imidazole rings is 1. The largest absolute Gasteiger partial charge is 0.384 e. The molecule has 2 aromatic heterocycles. The Kier molecular flexibility index (Phi) is 3.84. The van der Waals surface area contributed by atoms with Crippen molar-refractivity contribution in [2.45, 2.75) is 13.5 Å². The number of hydrogen-bond donors (Lipinski definition) is 1. The number of nitrogen functional groups attached to an aromatic ring is 1. The molecule has 0 saturated heterocycles. The molecular formula is C21H21N5. The van der Waals surface area contributed by atoms with Crippen molar-refractivity contribution < 1.29 is 0 Å². The van der Waals surface area contributed by atoms with Crippen LogP contribution in [0.2, 0.25) is 0 Å². The number of fused-ring (bicyclic) bond motifs is 1. The van der Waals surface area contributed by atoms with Crippen molar-refractivity contribution in [1.82, 2.24) is 19.4 Å². The summed E-state index contributed by atoms with van der Waals surface area (Å²) >= 11 is 0. The molecule has 0 saturated carbocycles. The Morgan fingerprint density at radius 2 is 1.96 bits per heavy atom. The van der Waals surface area contributed by atoms with E-state index >= 15 is 0 Å². The van der Waals surface area contributed by atoms with Gasteiger partial charge in [0.25, 0.3) is 0 Å². The van der Waals surface area contributed by atoms with Crippen LogP contribution in [0.15, 0.2) is 72.7 Å². The second-order valence-electron chi connectivity index (χ2n) is 6.57. The first-order chi connectivity index (χ1) is 12.5. The van der Waals surface area contributed by atoms with Crippen molar-refractivity contribution in [3.63, 3.8) is 0 Å². The van der Waals surface area contributed by atoms with Gasteiger partial charge in [-0.25, -0.2) is 9.97 Å². The Labute approximate surface area is 152 Å². The minimum atomic E-state index is 0.494. The Morgan fingerprint density at radius 3 is 2.69 bits per heavy atom. The molecule has 130 valence electrons. The van der Waals surface area contributed by atoms with Crippen molar-refractivity contribution in [3.8, 4) is 0 Å². The van der Waals surface area contributed by atoms with E-state index in [-0.39, 0.29) is 0 Å². The predicted octanol–water partition coefficient (Wildman–Crippen LogP) is 3.81.